The first kappa shape index (κ1) is 19.6. The first-order valence-corrected chi connectivity index (χ1v) is 11.4. The lowest BCUT2D eigenvalue weighted by Gasteiger charge is -2.25. The molecule has 3 aromatic rings. The summed E-state index contributed by atoms with van der Waals surface area (Å²) in [6.07, 6.45) is 1.88. The molecule has 2 aromatic carbocycles. The summed E-state index contributed by atoms with van der Waals surface area (Å²) in [5, 5.41) is 0. The Hall–Kier alpha value is -2.67. The molecule has 0 saturated carbocycles. The smallest absolute Gasteiger partial charge is 0.235 e. The van der Waals surface area contributed by atoms with Gasteiger partial charge in [-0.15, -0.1) is 0 Å². The predicted molar refractivity (Wildman–Crippen MR) is 114 cm³/mol. The average molecular weight is 412 g/mol. The van der Waals surface area contributed by atoms with Crippen molar-refractivity contribution in [1.29, 1.82) is 0 Å². The molecule has 0 bridgehead atoms. The van der Waals surface area contributed by atoms with Crippen LogP contribution >= 0.6 is 0 Å². The highest BCUT2D eigenvalue weighted by Crippen LogP contribution is 2.33. The van der Waals surface area contributed by atoms with Gasteiger partial charge in [0, 0.05) is 17.3 Å². The lowest BCUT2D eigenvalue weighted by atomic mass is 10.0. The van der Waals surface area contributed by atoms with Crippen molar-refractivity contribution in [2.75, 3.05) is 18.9 Å². The Morgan fingerprint density at radius 1 is 1.24 bits per heavy atom. The number of nitrogens with one attached hydrogen (secondary N) is 1. The second-order valence-electron chi connectivity index (χ2n) is 7.18. The second-order valence-corrected chi connectivity index (χ2v) is 8.63. The van der Waals surface area contributed by atoms with Gasteiger partial charge in [0.2, 0.25) is 5.91 Å². The van der Waals surface area contributed by atoms with E-state index in [9.17, 15) is 9.00 Å². The maximum absolute atomic E-state index is 12.8. The Morgan fingerprint density at radius 2 is 2.03 bits per heavy atom. The number of H-pyrrole nitrogens is 1. The number of ether oxygens (including phenoxy) is 1. The van der Waals surface area contributed by atoms with E-state index in [-0.39, 0.29) is 23.5 Å². The quantitative estimate of drug-likeness (QED) is 0.645. The summed E-state index contributed by atoms with van der Waals surface area (Å²) in [6, 6.07) is 15.7. The molecule has 2 heterocycles. The first-order valence-electron chi connectivity index (χ1n) is 9.95. The lowest BCUT2D eigenvalue weighted by Crippen LogP contribution is -2.34. The number of carbonyl (C=O) groups is 1. The molecule has 0 aliphatic carbocycles. The normalized spacial score (nSPS) is 17.6. The van der Waals surface area contributed by atoms with Crippen molar-refractivity contribution in [3.63, 3.8) is 0 Å². The van der Waals surface area contributed by atoms with Gasteiger partial charge >= 0.3 is 0 Å². The number of benzene rings is 2. The number of aromatic nitrogens is 2. The molecule has 7 heteroatoms. The fourth-order valence-electron chi connectivity index (χ4n) is 3.86. The number of aromatic amines is 1. The number of likely N-dealkylation sites (tertiary alicyclic amines) is 1. The number of rotatable bonds is 7. The summed E-state index contributed by atoms with van der Waals surface area (Å²) in [4.78, 5) is 22.4. The van der Waals surface area contributed by atoms with Crippen molar-refractivity contribution < 1.29 is 13.7 Å². The highest BCUT2D eigenvalue weighted by atomic mass is 32.2. The van der Waals surface area contributed by atoms with Crippen LogP contribution in [0.15, 0.2) is 48.5 Å². The molecule has 4 rings (SSSR count). The molecule has 1 aliphatic heterocycles. The minimum atomic E-state index is -1.31. The van der Waals surface area contributed by atoms with Crippen LogP contribution in [0.2, 0.25) is 0 Å². The van der Waals surface area contributed by atoms with Crippen molar-refractivity contribution in [2.45, 2.75) is 31.6 Å². The minimum Gasteiger partial charge on any atom is -0.494 e. The SMILES string of the molecule is CCOc1ccc(C2CCCN2C(=O)CS(=O)Cc2nc3ccccc3[nH]2)cc1. The van der Waals surface area contributed by atoms with Gasteiger partial charge in [-0.1, -0.05) is 24.3 Å². The largest absolute Gasteiger partial charge is 0.494 e. The molecule has 0 radical (unpaired) electrons. The molecule has 6 nitrogen and oxygen atoms in total. The van der Waals surface area contributed by atoms with Gasteiger partial charge in [0.25, 0.3) is 0 Å². The third-order valence-electron chi connectivity index (χ3n) is 5.17. The third-order valence-corrected chi connectivity index (χ3v) is 6.33. The topological polar surface area (TPSA) is 75.3 Å². The summed E-state index contributed by atoms with van der Waals surface area (Å²) in [7, 11) is -1.31. The lowest BCUT2D eigenvalue weighted by molar-refractivity contribution is -0.129. The van der Waals surface area contributed by atoms with E-state index in [1.54, 1.807) is 0 Å². The van der Waals surface area contributed by atoms with Crippen LogP contribution in [0.4, 0.5) is 0 Å². The first-order chi connectivity index (χ1) is 14.1. The van der Waals surface area contributed by atoms with Crippen LogP contribution in [-0.2, 0) is 21.3 Å². The molecule has 1 amide bonds. The van der Waals surface area contributed by atoms with Gasteiger partial charge in [-0.25, -0.2) is 4.98 Å². The molecule has 2 atom stereocenters. The summed E-state index contributed by atoms with van der Waals surface area (Å²) in [6.45, 7) is 3.29. The van der Waals surface area contributed by atoms with E-state index >= 15 is 0 Å². The molecule has 2 unspecified atom stereocenters. The van der Waals surface area contributed by atoms with Crippen LogP contribution in [-0.4, -0.2) is 43.9 Å². The van der Waals surface area contributed by atoms with Crippen LogP contribution in [0.5, 0.6) is 5.75 Å². The number of carbonyl (C=O) groups excluding carboxylic acids is 1. The van der Waals surface area contributed by atoms with Gasteiger partial charge < -0.3 is 14.6 Å². The number of fused-ring (bicyclic) bond motifs is 1. The second kappa shape index (κ2) is 8.78. The summed E-state index contributed by atoms with van der Waals surface area (Å²) in [5.74, 6) is 1.70. The molecular weight excluding hydrogens is 386 g/mol. The van der Waals surface area contributed by atoms with Gasteiger partial charge in [0.1, 0.15) is 17.3 Å². The van der Waals surface area contributed by atoms with E-state index in [1.807, 2.05) is 60.4 Å². The van der Waals surface area contributed by atoms with Crippen molar-refractivity contribution in [3.8, 4) is 5.75 Å². The van der Waals surface area contributed by atoms with E-state index in [0.29, 0.717) is 19.0 Å². The third kappa shape index (κ3) is 4.50. The number of hydrogen-bond acceptors (Lipinski definition) is 4. The molecule has 29 heavy (non-hydrogen) atoms. The van der Waals surface area contributed by atoms with Crippen LogP contribution in [0.1, 0.15) is 37.2 Å². The predicted octanol–water partition coefficient (Wildman–Crippen LogP) is 3.57. The van der Waals surface area contributed by atoms with Crippen LogP contribution in [0.25, 0.3) is 11.0 Å². The van der Waals surface area contributed by atoms with Crippen LogP contribution in [0, 0.1) is 0 Å². The fourth-order valence-corrected chi connectivity index (χ4v) is 4.85. The van der Waals surface area contributed by atoms with E-state index in [4.69, 9.17) is 4.74 Å². The Morgan fingerprint density at radius 3 is 2.79 bits per heavy atom. The van der Waals surface area contributed by atoms with Crippen LogP contribution < -0.4 is 4.74 Å². The van der Waals surface area contributed by atoms with Gasteiger partial charge in [0.15, 0.2) is 0 Å². The highest BCUT2D eigenvalue weighted by molar-refractivity contribution is 7.84. The molecule has 152 valence electrons. The summed E-state index contributed by atoms with van der Waals surface area (Å²) in [5.41, 5.74) is 2.87. The Bertz CT molecular complexity index is 983. The van der Waals surface area contributed by atoms with Crippen molar-refractivity contribution in [1.82, 2.24) is 14.9 Å². The number of amides is 1. The highest BCUT2D eigenvalue weighted by Gasteiger charge is 2.30. The molecular formula is C22H25N3O3S. The number of hydrogen-bond donors (Lipinski definition) is 1. The van der Waals surface area contributed by atoms with E-state index < -0.39 is 10.8 Å². The standard InChI is InChI=1S/C22H25N3O3S/c1-2-28-17-11-9-16(10-12-17)20-8-5-13-25(20)22(26)15-29(27)14-21-23-18-6-3-4-7-19(18)24-21/h3-4,6-7,9-12,20H,2,5,8,13-15H2,1H3,(H,23,24). The van der Waals surface area contributed by atoms with Crippen molar-refractivity contribution in [2.24, 2.45) is 0 Å². The average Bonchev–Trinajstić information content (AvgIpc) is 3.35. The van der Waals surface area contributed by atoms with E-state index in [2.05, 4.69) is 9.97 Å². The Balaban J connectivity index is 1.39. The number of imidazole rings is 1. The molecule has 1 fully saturated rings. The zero-order valence-corrected chi connectivity index (χ0v) is 17.3. The van der Waals surface area contributed by atoms with E-state index in [0.717, 1.165) is 35.2 Å². The Kier molecular flexibility index (Phi) is 5.94. The molecule has 1 saturated heterocycles. The fraction of sp³-hybridized carbons (Fsp3) is 0.364. The maximum atomic E-state index is 12.8. The summed E-state index contributed by atoms with van der Waals surface area (Å²) >= 11 is 0. The van der Waals surface area contributed by atoms with Crippen LogP contribution in [0.3, 0.4) is 0 Å². The van der Waals surface area contributed by atoms with Crippen molar-refractivity contribution in [3.05, 3.63) is 59.9 Å². The zero-order valence-electron chi connectivity index (χ0n) is 16.5. The molecule has 1 aromatic heterocycles. The van der Waals surface area contributed by atoms with E-state index in [1.165, 1.54) is 0 Å². The zero-order chi connectivity index (χ0) is 20.2. The summed E-state index contributed by atoms with van der Waals surface area (Å²) < 4.78 is 18.1. The monoisotopic (exact) mass is 411 g/mol. The minimum absolute atomic E-state index is 0.0184. The van der Waals surface area contributed by atoms with Gasteiger partial charge in [-0.05, 0) is 49.6 Å². The Labute approximate surface area is 172 Å². The molecule has 1 aliphatic rings. The van der Waals surface area contributed by atoms with Gasteiger partial charge in [0.05, 0.1) is 29.4 Å². The van der Waals surface area contributed by atoms with Crippen molar-refractivity contribution >= 4 is 27.7 Å². The molecule has 0 spiro atoms. The maximum Gasteiger partial charge on any atom is 0.235 e. The van der Waals surface area contributed by atoms with Gasteiger partial charge in [-0.2, -0.15) is 0 Å². The van der Waals surface area contributed by atoms with Gasteiger partial charge in [-0.3, -0.25) is 9.00 Å². The molecule has 1 N–H and O–H groups in total. The number of para-hydroxylation sites is 2. The number of nitrogens with zero attached hydrogens (tertiary/aromatic N) is 2.